The van der Waals surface area contributed by atoms with Crippen LogP contribution in [0.1, 0.15) is 38.2 Å². The van der Waals surface area contributed by atoms with Crippen LogP contribution in [-0.4, -0.2) is 26.0 Å². The largest absolute Gasteiger partial charge is 0.481 e. The number of aliphatic carboxylic acids is 1. The summed E-state index contributed by atoms with van der Waals surface area (Å²) < 4.78 is 26.6. The number of nitrogens with one attached hydrogen (secondary N) is 1. The quantitative estimate of drug-likeness (QED) is 0.802. The van der Waals surface area contributed by atoms with Crippen molar-refractivity contribution in [2.24, 2.45) is 0 Å². The summed E-state index contributed by atoms with van der Waals surface area (Å²) in [7, 11) is -3.65. The minimum Gasteiger partial charge on any atom is -0.481 e. The van der Waals surface area contributed by atoms with Crippen LogP contribution in [-0.2, 0) is 14.8 Å². The molecule has 0 heterocycles. The lowest BCUT2D eigenvalue weighted by Crippen LogP contribution is -2.26. The number of benzene rings is 1. The molecule has 0 saturated carbocycles. The molecule has 0 aromatic heterocycles. The van der Waals surface area contributed by atoms with Gasteiger partial charge in [-0.15, -0.1) is 0 Å². The predicted molar refractivity (Wildman–Crippen MR) is 72.6 cm³/mol. The normalized spacial score (nSPS) is 13.2. The van der Waals surface area contributed by atoms with Gasteiger partial charge in [-0.25, -0.2) is 13.1 Å². The zero-order chi connectivity index (χ0) is 14.5. The fourth-order valence-corrected chi connectivity index (χ4v) is 3.30. The van der Waals surface area contributed by atoms with Gasteiger partial charge in [0.05, 0.1) is 10.8 Å². The van der Waals surface area contributed by atoms with E-state index >= 15 is 0 Å². The number of rotatable bonds is 7. The molecule has 1 aromatic rings. The Kier molecular flexibility index (Phi) is 5.50. The van der Waals surface area contributed by atoms with Crippen molar-refractivity contribution < 1.29 is 18.3 Å². The molecule has 0 bridgehead atoms. The van der Waals surface area contributed by atoms with Gasteiger partial charge in [0.2, 0.25) is 10.0 Å². The summed E-state index contributed by atoms with van der Waals surface area (Å²) in [6, 6.07) is 6.27. The summed E-state index contributed by atoms with van der Waals surface area (Å²) in [5, 5.41) is 9.26. The Bertz CT molecular complexity index is 539. The lowest BCUT2D eigenvalue weighted by molar-refractivity contribution is -0.139. The van der Waals surface area contributed by atoms with Crippen LogP contribution in [0.4, 0.5) is 0 Å². The predicted octanol–water partition coefficient (Wildman–Crippen LogP) is 1.95. The zero-order valence-corrected chi connectivity index (χ0v) is 11.9. The fraction of sp³-hybridized carbons (Fsp3) is 0.462. The zero-order valence-electron chi connectivity index (χ0n) is 11.1. The highest BCUT2D eigenvalue weighted by molar-refractivity contribution is 7.89. The van der Waals surface area contributed by atoms with E-state index in [1.165, 1.54) is 6.07 Å². The van der Waals surface area contributed by atoms with Crippen molar-refractivity contribution in [3.05, 3.63) is 29.8 Å². The number of carboxylic acids is 1. The molecule has 5 nitrogen and oxygen atoms in total. The van der Waals surface area contributed by atoms with Crippen LogP contribution in [0.3, 0.4) is 0 Å². The smallest absolute Gasteiger partial charge is 0.311 e. The number of hydrogen-bond acceptors (Lipinski definition) is 3. The summed E-state index contributed by atoms with van der Waals surface area (Å²) in [5.41, 5.74) is 0.345. The van der Waals surface area contributed by atoms with Crippen molar-refractivity contribution in [2.75, 3.05) is 6.54 Å². The molecule has 1 aromatic carbocycles. The van der Waals surface area contributed by atoms with Crippen LogP contribution in [0.2, 0.25) is 0 Å². The highest BCUT2D eigenvalue weighted by atomic mass is 32.2. The first-order chi connectivity index (χ1) is 8.94. The van der Waals surface area contributed by atoms with Crippen LogP contribution in [0.5, 0.6) is 0 Å². The molecular weight excluding hydrogens is 266 g/mol. The maximum absolute atomic E-state index is 12.1. The molecule has 0 amide bonds. The van der Waals surface area contributed by atoms with Crippen molar-refractivity contribution in [3.63, 3.8) is 0 Å². The molecule has 0 saturated heterocycles. The highest BCUT2D eigenvalue weighted by Gasteiger charge is 2.26. The summed E-state index contributed by atoms with van der Waals surface area (Å²) in [6.07, 6.45) is 1.08. The summed E-state index contributed by atoms with van der Waals surface area (Å²) >= 11 is 0. The molecular formula is C13H19NO4S. The van der Waals surface area contributed by atoms with Crippen molar-refractivity contribution >= 4 is 16.0 Å². The first kappa shape index (κ1) is 15.7. The molecule has 1 atom stereocenters. The lowest BCUT2D eigenvalue weighted by Gasteiger charge is -2.16. The van der Waals surface area contributed by atoms with E-state index in [1.807, 2.05) is 6.92 Å². The van der Waals surface area contributed by atoms with Gasteiger partial charge in [0.25, 0.3) is 0 Å². The monoisotopic (exact) mass is 285 g/mol. The van der Waals surface area contributed by atoms with Gasteiger partial charge in [0, 0.05) is 6.54 Å². The molecule has 6 heteroatoms. The third kappa shape index (κ3) is 3.78. The highest BCUT2D eigenvalue weighted by Crippen LogP contribution is 2.27. The van der Waals surface area contributed by atoms with Crippen molar-refractivity contribution in [1.29, 1.82) is 0 Å². The number of hydrogen-bond donors (Lipinski definition) is 2. The van der Waals surface area contributed by atoms with Gasteiger partial charge in [-0.2, -0.15) is 0 Å². The number of sulfonamides is 1. The molecule has 19 heavy (non-hydrogen) atoms. The van der Waals surface area contributed by atoms with Crippen LogP contribution in [0.15, 0.2) is 29.2 Å². The van der Waals surface area contributed by atoms with Gasteiger partial charge in [-0.3, -0.25) is 4.79 Å². The number of carboxylic acid groups (broad SMARTS) is 1. The van der Waals surface area contributed by atoms with E-state index < -0.39 is 21.9 Å². The Morgan fingerprint density at radius 3 is 2.47 bits per heavy atom. The standard InChI is InChI=1S/C13H19NO4S/c1-3-7-11(13(15)16)10-8-5-6-9-12(10)19(17,18)14-4-2/h5-6,8-9,11,14H,3-4,7H2,1-2H3,(H,15,16). The van der Waals surface area contributed by atoms with Gasteiger partial charge in [-0.05, 0) is 18.1 Å². The van der Waals surface area contributed by atoms with E-state index in [2.05, 4.69) is 4.72 Å². The Labute approximate surface area is 113 Å². The van der Waals surface area contributed by atoms with E-state index in [0.717, 1.165) is 0 Å². The molecule has 1 unspecified atom stereocenters. The summed E-state index contributed by atoms with van der Waals surface area (Å²) in [6.45, 7) is 3.82. The van der Waals surface area contributed by atoms with Crippen LogP contribution in [0, 0.1) is 0 Å². The Hall–Kier alpha value is -1.40. The second kappa shape index (κ2) is 6.68. The SMILES string of the molecule is CCCC(C(=O)O)c1ccccc1S(=O)(=O)NCC. The van der Waals surface area contributed by atoms with E-state index in [1.54, 1.807) is 25.1 Å². The second-order valence-corrected chi connectivity index (χ2v) is 5.95. The van der Waals surface area contributed by atoms with Crippen LogP contribution in [0.25, 0.3) is 0 Å². The van der Waals surface area contributed by atoms with Gasteiger partial charge in [-0.1, -0.05) is 38.5 Å². The maximum Gasteiger partial charge on any atom is 0.311 e. The molecule has 0 radical (unpaired) electrons. The van der Waals surface area contributed by atoms with E-state index in [-0.39, 0.29) is 11.4 Å². The van der Waals surface area contributed by atoms with Gasteiger partial charge >= 0.3 is 5.97 Å². The fourth-order valence-electron chi connectivity index (χ4n) is 1.98. The Balaban J connectivity index is 3.32. The third-order valence-electron chi connectivity index (χ3n) is 2.79. The minimum absolute atomic E-state index is 0.0534. The van der Waals surface area contributed by atoms with E-state index in [0.29, 0.717) is 18.4 Å². The number of carbonyl (C=O) groups is 1. The summed E-state index contributed by atoms with van der Waals surface area (Å²) in [4.78, 5) is 11.4. The third-order valence-corrected chi connectivity index (χ3v) is 4.41. The maximum atomic E-state index is 12.1. The van der Waals surface area contributed by atoms with Crippen LogP contribution < -0.4 is 4.72 Å². The average Bonchev–Trinajstić information content (AvgIpc) is 2.35. The molecule has 1 rings (SSSR count). The van der Waals surface area contributed by atoms with Gasteiger partial charge in [0.15, 0.2) is 0 Å². The van der Waals surface area contributed by atoms with Crippen molar-refractivity contribution in [1.82, 2.24) is 4.72 Å². The van der Waals surface area contributed by atoms with Crippen LogP contribution >= 0.6 is 0 Å². The topological polar surface area (TPSA) is 83.5 Å². The molecule has 2 N–H and O–H groups in total. The summed E-state index contributed by atoms with van der Waals surface area (Å²) in [5.74, 6) is -1.80. The lowest BCUT2D eigenvalue weighted by atomic mass is 9.95. The molecule has 0 spiro atoms. The molecule has 0 aliphatic carbocycles. The first-order valence-corrected chi connectivity index (χ1v) is 7.73. The molecule has 106 valence electrons. The molecule has 0 aliphatic rings. The van der Waals surface area contributed by atoms with Gasteiger partial charge in [0.1, 0.15) is 0 Å². The van der Waals surface area contributed by atoms with Crippen molar-refractivity contribution in [3.8, 4) is 0 Å². The Morgan fingerprint density at radius 2 is 1.95 bits per heavy atom. The van der Waals surface area contributed by atoms with Gasteiger partial charge < -0.3 is 5.11 Å². The second-order valence-electron chi connectivity index (χ2n) is 4.22. The van der Waals surface area contributed by atoms with E-state index in [4.69, 9.17) is 0 Å². The molecule has 0 aliphatic heterocycles. The molecule has 0 fully saturated rings. The first-order valence-electron chi connectivity index (χ1n) is 6.25. The average molecular weight is 285 g/mol. The Morgan fingerprint density at radius 1 is 1.32 bits per heavy atom. The van der Waals surface area contributed by atoms with E-state index in [9.17, 15) is 18.3 Å². The van der Waals surface area contributed by atoms with Crippen molar-refractivity contribution in [2.45, 2.75) is 37.5 Å². The minimum atomic E-state index is -3.65.